The molecule has 0 fully saturated rings. The predicted octanol–water partition coefficient (Wildman–Crippen LogP) is 3.34. The highest BCUT2D eigenvalue weighted by atomic mass is 19.1. The molecular weight excluding hydrogens is 363 g/mol. The van der Waals surface area contributed by atoms with Crippen molar-refractivity contribution in [3.63, 3.8) is 0 Å². The Bertz CT molecular complexity index is 759. The third-order valence-corrected chi connectivity index (χ3v) is 4.12. The number of hydrogen-bond acceptors (Lipinski definition) is 5. The van der Waals surface area contributed by atoms with Gasteiger partial charge in [-0.2, -0.15) is 0 Å². The van der Waals surface area contributed by atoms with Crippen molar-refractivity contribution in [3.05, 3.63) is 59.9 Å². The number of ether oxygens (including phenoxy) is 2. The number of hydrogen-bond donors (Lipinski definition) is 1. The molecule has 0 saturated carbocycles. The SMILES string of the molecule is CCN(CC)CCOC(=O)c1ccc(NC(=O)COc2ccc(F)cc2)cc1. The number of nitrogens with one attached hydrogen (secondary N) is 1. The van der Waals surface area contributed by atoms with Gasteiger partial charge in [0, 0.05) is 12.2 Å². The van der Waals surface area contributed by atoms with E-state index in [-0.39, 0.29) is 18.3 Å². The quantitative estimate of drug-likeness (QED) is 0.633. The van der Waals surface area contributed by atoms with Gasteiger partial charge in [-0.05, 0) is 61.6 Å². The summed E-state index contributed by atoms with van der Waals surface area (Å²) < 4.78 is 23.4. The average molecular weight is 388 g/mol. The van der Waals surface area contributed by atoms with E-state index in [1.54, 1.807) is 24.3 Å². The first-order valence-corrected chi connectivity index (χ1v) is 9.19. The maximum atomic E-state index is 12.8. The molecule has 0 saturated heterocycles. The van der Waals surface area contributed by atoms with Crippen molar-refractivity contribution in [2.45, 2.75) is 13.8 Å². The van der Waals surface area contributed by atoms with Crippen LogP contribution in [0.4, 0.5) is 10.1 Å². The topological polar surface area (TPSA) is 67.9 Å². The lowest BCUT2D eigenvalue weighted by atomic mass is 10.2. The fourth-order valence-corrected chi connectivity index (χ4v) is 2.46. The van der Waals surface area contributed by atoms with Crippen LogP contribution in [-0.4, -0.2) is 49.6 Å². The second-order valence-corrected chi connectivity index (χ2v) is 6.03. The van der Waals surface area contributed by atoms with E-state index in [0.29, 0.717) is 30.2 Å². The first-order valence-electron chi connectivity index (χ1n) is 9.19. The zero-order chi connectivity index (χ0) is 20.4. The lowest BCUT2D eigenvalue weighted by Gasteiger charge is -2.17. The number of likely N-dealkylation sites (N-methyl/N-ethyl adjacent to an activating group) is 1. The van der Waals surface area contributed by atoms with Crippen molar-refractivity contribution in [3.8, 4) is 5.75 Å². The van der Waals surface area contributed by atoms with E-state index < -0.39 is 5.97 Å². The van der Waals surface area contributed by atoms with E-state index in [9.17, 15) is 14.0 Å². The van der Waals surface area contributed by atoms with Gasteiger partial charge < -0.3 is 19.7 Å². The van der Waals surface area contributed by atoms with Crippen LogP contribution in [0.1, 0.15) is 24.2 Å². The zero-order valence-electron chi connectivity index (χ0n) is 16.1. The molecule has 1 amide bonds. The summed E-state index contributed by atoms with van der Waals surface area (Å²) >= 11 is 0. The van der Waals surface area contributed by atoms with Gasteiger partial charge in [-0.3, -0.25) is 4.79 Å². The summed E-state index contributed by atoms with van der Waals surface area (Å²) in [6.45, 7) is 6.76. The number of benzene rings is 2. The zero-order valence-corrected chi connectivity index (χ0v) is 16.1. The summed E-state index contributed by atoms with van der Waals surface area (Å²) in [4.78, 5) is 26.1. The summed E-state index contributed by atoms with van der Waals surface area (Å²) in [6, 6.07) is 11.8. The van der Waals surface area contributed by atoms with Crippen LogP contribution < -0.4 is 10.1 Å². The van der Waals surface area contributed by atoms with E-state index in [2.05, 4.69) is 24.1 Å². The fraction of sp³-hybridized carbons (Fsp3) is 0.333. The largest absolute Gasteiger partial charge is 0.484 e. The lowest BCUT2D eigenvalue weighted by molar-refractivity contribution is -0.118. The van der Waals surface area contributed by atoms with Crippen LogP contribution in [0.5, 0.6) is 5.75 Å². The van der Waals surface area contributed by atoms with Crippen molar-refractivity contribution >= 4 is 17.6 Å². The normalized spacial score (nSPS) is 10.6. The molecular formula is C21H25FN2O4. The van der Waals surface area contributed by atoms with E-state index in [0.717, 1.165) is 13.1 Å². The summed E-state index contributed by atoms with van der Waals surface area (Å²) in [6.07, 6.45) is 0. The molecule has 0 atom stereocenters. The van der Waals surface area contributed by atoms with Gasteiger partial charge in [0.2, 0.25) is 0 Å². The summed E-state index contributed by atoms with van der Waals surface area (Å²) in [5.41, 5.74) is 0.951. The van der Waals surface area contributed by atoms with E-state index >= 15 is 0 Å². The Labute approximate surface area is 164 Å². The number of carbonyl (C=O) groups excluding carboxylic acids is 2. The molecule has 0 aromatic heterocycles. The minimum atomic E-state index is -0.398. The Morgan fingerprint density at radius 1 is 1.00 bits per heavy atom. The van der Waals surface area contributed by atoms with Gasteiger partial charge in [-0.25, -0.2) is 9.18 Å². The monoisotopic (exact) mass is 388 g/mol. The maximum absolute atomic E-state index is 12.8. The number of rotatable bonds is 10. The minimum absolute atomic E-state index is 0.208. The number of halogens is 1. The third-order valence-electron chi connectivity index (χ3n) is 4.12. The average Bonchev–Trinajstić information content (AvgIpc) is 2.71. The van der Waals surface area contributed by atoms with Crippen molar-refractivity contribution < 1.29 is 23.5 Å². The molecule has 2 aromatic rings. The van der Waals surface area contributed by atoms with E-state index in [1.807, 2.05) is 0 Å². The van der Waals surface area contributed by atoms with Crippen LogP contribution in [0.25, 0.3) is 0 Å². The van der Waals surface area contributed by atoms with E-state index in [4.69, 9.17) is 9.47 Å². The van der Waals surface area contributed by atoms with Crippen molar-refractivity contribution in [1.82, 2.24) is 4.90 Å². The third kappa shape index (κ3) is 7.00. The number of esters is 1. The van der Waals surface area contributed by atoms with Gasteiger partial charge in [-0.15, -0.1) is 0 Å². The standard InChI is InChI=1S/C21H25FN2O4/c1-3-24(4-2)13-14-27-21(26)16-5-9-18(10-6-16)23-20(25)15-28-19-11-7-17(22)8-12-19/h5-12H,3-4,13-15H2,1-2H3,(H,23,25). The number of carbonyl (C=O) groups is 2. The van der Waals surface area contributed by atoms with Crippen molar-refractivity contribution in [2.75, 3.05) is 38.2 Å². The molecule has 2 aromatic carbocycles. The molecule has 0 spiro atoms. The smallest absolute Gasteiger partial charge is 0.338 e. The fourth-order valence-electron chi connectivity index (χ4n) is 2.46. The highest BCUT2D eigenvalue weighted by Crippen LogP contribution is 2.13. The van der Waals surface area contributed by atoms with Gasteiger partial charge in [0.15, 0.2) is 6.61 Å². The summed E-state index contributed by atoms with van der Waals surface area (Å²) in [5.74, 6) is -0.730. The van der Waals surface area contributed by atoms with Crippen molar-refractivity contribution in [1.29, 1.82) is 0 Å². The molecule has 0 bridgehead atoms. The van der Waals surface area contributed by atoms with Crippen LogP contribution in [0, 0.1) is 5.82 Å². The van der Waals surface area contributed by atoms with Crippen LogP contribution in [-0.2, 0) is 9.53 Å². The van der Waals surface area contributed by atoms with Crippen LogP contribution in [0.15, 0.2) is 48.5 Å². The molecule has 0 unspecified atom stereocenters. The molecule has 0 radical (unpaired) electrons. The Balaban J connectivity index is 1.77. The second kappa shape index (κ2) is 11.0. The Morgan fingerprint density at radius 3 is 2.25 bits per heavy atom. The Kier molecular flexibility index (Phi) is 8.42. The van der Waals surface area contributed by atoms with Gasteiger partial charge in [0.25, 0.3) is 5.91 Å². The minimum Gasteiger partial charge on any atom is -0.484 e. The van der Waals surface area contributed by atoms with E-state index in [1.165, 1.54) is 24.3 Å². The van der Waals surface area contributed by atoms with Crippen LogP contribution in [0.2, 0.25) is 0 Å². The predicted molar refractivity (Wildman–Crippen MR) is 105 cm³/mol. The molecule has 0 aliphatic heterocycles. The number of anilines is 1. The van der Waals surface area contributed by atoms with Crippen LogP contribution in [0.3, 0.4) is 0 Å². The van der Waals surface area contributed by atoms with Crippen molar-refractivity contribution in [2.24, 2.45) is 0 Å². The number of nitrogens with zero attached hydrogens (tertiary/aromatic N) is 1. The Hall–Kier alpha value is -2.93. The van der Waals surface area contributed by atoms with Gasteiger partial charge >= 0.3 is 5.97 Å². The molecule has 0 aliphatic rings. The number of amides is 1. The van der Waals surface area contributed by atoms with Gasteiger partial charge in [0.1, 0.15) is 18.2 Å². The highest BCUT2D eigenvalue weighted by molar-refractivity contribution is 5.93. The highest BCUT2D eigenvalue weighted by Gasteiger charge is 2.09. The second-order valence-electron chi connectivity index (χ2n) is 6.03. The van der Waals surface area contributed by atoms with Gasteiger partial charge in [-0.1, -0.05) is 13.8 Å². The molecule has 0 heterocycles. The first kappa shape index (κ1) is 21.4. The molecule has 0 aliphatic carbocycles. The molecule has 2 rings (SSSR count). The maximum Gasteiger partial charge on any atom is 0.338 e. The van der Waals surface area contributed by atoms with Gasteiger partial charge in [0.05, 0.1) is 5.56 Å². The molecule has 6 nitrogen and oxygen atoms in total. The molecule has 28 heavy (non-hydrogen) atoms. The van der Waals surface area contributed by atoms with Crippen LogP contribution >= 0.6 is 0 Å². The molecule has 150 valence electrons. The summed E-state index contributed by atoms with van der Waals surface area (Å²) in [5, 5.41) is 2.67. The Morgan fingerprint density at radius 2 is 1.64 bits per heavy atom. The lowest BCUT2D eigenvalue weighted by Crippen LogP contribution is -2.27. The first-order chi connectivity index (χ1) is 13.5. The summed E-state index contributed by atoms with van der Waals surface area (Å²) in [7, 11) is 0. The molecule has 1 N–H and O–H groups in total. The molecule has 7 heteroatoms.